The quantitative estimate of drug-likeness (QED) is 0.854. The molecule has 0 radical (unpaired) electrons. The van der Waals surface area contributed by atoms with Gasteiger partial charge in [0.2, 0.25) is 17.7 Å². The minimum atomic E-state index is -0.373. The number of nitrogens with zero attached hydrogens (tertiary/aromatic N) is 3. The summed E-state index contributed by atoms with van der Waals surface area (Å²) in [5.41, 5.74) is 2.56. The van der Waals surface area contributed by atoms with Gasteiger partial charge < -0.3 is 4.42 Å². The number of amides is 3. The van der Waals surface area contributed by atoms with E-state index in [0.717, 1.165) is 16.0 Å². The van der Waals surface area contributed by atoms with Crippen LogP contribution in [0.5, 0.6) is 0 Å². The summed E-state index contributed by atoms with van der Waals surface area (Å²) in [7, 11) is 0. The SMILES string of the molecule is Cc1ccc(C(=O)Nc2nnc(CN3C(=O)CCC3=O)o2)cc1C. The molecule has 1 aromatic heterocycles. The first-order valence-electron chi connectivity index (χ1n) is 7.48. The number of hydrogen-bond donors (Lipinski definition) is 1. The summed E-state index contributed by atoms with van der Waals surface area (Å²) in [6, 6.07) is 5.25. The van der Waals surface area contributed by atoms with Crippen LogP contribution in [0.15, 0.2) is 22.6 Å². The average molecular weight is 328 g/mol. The Morgan fingerprint density at radius 2 is 1.88 bits per heavy atom. The van der Waals surface area contributed by atoms with Crippen LogP contribution in [0.4, 0.5) is 6.01 Å². The van der Waals surface area contributed by atoms with Crippen molar-refractivity contribution in [2.75, 3.05) is 5.32 Å². The topological polar surface area (TPSA) is 105 Å². The van der Waals surface area contributed by atoms with E-state index >= 15 is 0 Å². The molecular weight excluding hydrogens is 312 g/mol. The standard InChI is InChI=1S/C16H16N4O4/c1-9-3-4-11(7-10(9)2)15(23)17-16-19-18-12(24-16)8-20-13(21)5-6-14(20)22/h3-4,7H,5-6,8H2,1-2H3,(H,17,19,23). The van der Waals surface area contributed by atoms with E-state index < -0.39 is 0 Å². The summed E-state index contributed by atoms with van der Waals surface area (Å²) >= 11 is 0. The van der Waals surface area contributed by atoms with Crippen molar-refractivity contribution in [2.24, 2.45) is 0 Å². The summed E-state index contributed by atoms with van der Waals surface area (Å²) in [6.07, 6.45) is 0.396. The summed E-state index contributed by atoms with van der Waals surface area (Å²) in [6.45, 7) is 3.80. The van der Waals surface area contributed by atoms with Crippen LogP contribution in [-0.2, 0) is 16.1 Å². The molecule has 124 valence electrons. The van der Waals surface area contributed by atoms with E-state index in [2.05, 4.69) is 15.5 Å². The van der Waals surface area contributed by atoms with Crippen molar-refractivity contribution in [3.63, 3.8) is 0 Å². The zero-order chi connectivity index (χ0) is 17.3. The molecule has 0 bridgehead atoms. The van der Waals surface area contributed by atoms with Gasteiger partial charge in [-0.3, -0.25) is 24.6 Å². The van der Waals surface area contributed by atoms with E-state index in [0.29, 0.717) is 5.56 Å². The van der Waals surface area contributed by atoms with Crippen molar-refractivity contribution in [1.82, 2.24) is 15.1 Å². The first-order chi connectivity index (χ1) is 11.4. The molecule has 24 heavy (non-hydrogen) atoms. The second kappa shape index (κ2) is 6.23. The molecule has 1 fully saturated rings. The number of rotatable bonds is 4. The number of likely N-dealkylation sites (tertiary alicyclic amines) is 1. The van der Waals surface area contributed by atoms with Crippen LogP contribution in [0.2, 0.25) is 0 Å². The predicted molar refractivity (Wildman–Crippen MR) is 83.0 cm³/mol. The van der Waals surface area contributed by atoms with E-state index in [1.807, 2.05) is 19.9 Å². The summed E-state index contributed by atoms with van der Waals surface area (Å²) in [4.78, 5) is 36.4. The van der Waals surface area contributed by atoms with Crippen LogP contribution >= 0.6 is 0 Å². The molecule has 1 N–H and O–H groups in total. The fourth-order valence-corrected chi connectivity index (χ4v) is 2.35. The molecule has 8 heteroatoms. The third kappa shape index (κ3) is 3.17. The number of nitrogens with one attached hydrogen (secondary N) is 1. The van der Waals surface area contributed by atoms with Gasteiger partial charge in [-0.25, -0.2) is 0 Å². The lowest BCUT2D eigenvalue weighted by atomic mass is 10.1. The Hall–Kier alpha value is -3.03. The number of imide groups is 1. The first-order valence-corrected chi connectivity index (χ1v) is 7.48. The molecule has 1 saturated heterocycles. The van der Waals surface area contributed by atoms with Gasteiger partial charge >= 0.3 is 6.01 Å². The number of hydrogen-bond acceptors (Lipinski definition) is 6. The van der Waals surface area contributed by atoms with Gasteiger partial charge in [-0.2, -0.15) is 0 Å². The van der Waals surface area contributed by atoms with Crippen molar-refractivity contribution in [1.29, 1.82) is 0 Å². The molecule has 8 nitrogen and oxygen atoms in total. The molecule has 0 spiro atoms. The molecule has 2 heterocycles. The van der Waals surface area contributed by atoms with Crippen molar-refractivity contribution in [2.45, 2.75) is 33.2 Å². The Labute approximate surface area is 137 Å². The predicted octanol–water partition coefficient (Wildman–Crippen LogP) is 1.59. The lowest BCUT2D eigenvalue weighted by Crippen LogP contribution is -2.28. The lowest BCUT2D eigenvalue weighted by Gasteiger charge is -2.09. The largest absolute Gasteiger partial charge is 0.406 e. The monoisotopic (exact) mass is 328 g/mol. The molecule has 0 atom stereocenters. The molecule has 1 aromatic carbocycles. The van der Waals surface area contributed by atoms with Crippen LogP contribution < -0.4 is 5.32 Å². The molecule has 1 aliphatic heterocycles. The van der Waals surface area contributed by atoms with Gasteiger partial charge in [0, 0.05) is 18.4 Å². The third-order valence-electron chi connectivity index (χ3n) is 3.90. The number of benzene rings is 1. The Kier molecular flexibility index (Phi) is 4.11. The lowest BCUT2D eigenvalue weighted by molar-refractivity contribution is -0.139. The van der Waals surface area contributed by atoms with Crippen LogP contribution in [0, 0.1) is 13.8 Å². The van der Waals surface area contributed by atoms with Gasteiger partial charge in [0.25, 0.3) is 5.91 Å². The second-order valence-electron chi connectivity index (χ2n) is 5.63. The average Bonchev–Trinajstić information content (AvgIpc) is 3.11. The van der Waals surface area contributed by atoms with Gasteiger partial charge in [0.1, 0.15) is 6.54 Å². The Balaban J connectivity index is 1.67. The molecule has 0 saturated carbocycles. The van der Waals surface area contributed by atoms with E-state index in [9.17, 15) is 14.4 Å². The van der Waals surface area contributed by atoms with Gasteiger partial charge in [-0.05, 0) is 37.1 Å². The Bertz CT molecular complexity index is 811. The number of carbonyl (C=O) groups excluding carboxylic acids is 3. The fraction of sp³-hybridized carbons (Fsp3) is 0.312. The van der Waals surface area contributed by atoms with Gasteiger partial charge in [0.15, 0.2) is 0 Å². The van der Waals surface area contributed by atoms with Gasteiger partial charge in [-0.15, -0.1) is 5.10 Å². The summed E-state index contributed by atoms with van der Waals surface area (Å²) < 4.78 is 5.29. The van der Waals surface area contributed by atoms with E-state index in [-0.39, 0.29) is 49.0 Å². The maximum absolute atomic E-state index is 12.2. The van der Waals surface area contributed by atoms with E-state index in [4.69, 9.17) is 4.42 Å². The molecule has 3 amide bonds. The maximum atomic E-state index is 12.2. The maximum Gasteiger partial charge on any atom is 0.322 e. The van der Waals surface area contributed by atoms with Crippen LogP contribution in [0.25, 0.3) is 0 Å². The normalized spacial score (nSPS) is 14.3. The number of aryl methyl sites for hydroxylation is 2. The highest BCUT2D eigenvalue weighted by atomic mass is 16.4. The van der Waals surface area contributed by atoms with Crippen LogP contribution in [0.3, 0.4) is 0 Å². The highest BCUT2D eigenvalue weighted by molar-refractivity contribution is 6.03. The van der Waals surface area contributed by atoms with Gasteiger partial charge in [-0.1, -0.05) is 11.2 Å². The van der Waals surface area contributed by atoms with Crippen molar-refractivity contribution in [3.05, 3.63) is 40.8 Å². The smallest absolute Gasteiger partial charge is 0.322 e. The van der Waals surface area contributed by atoms with Crippen LogP contribution in [0.1, 0.15) is 40.2 Å². The minimum Gasteiger partial charge on any atom is -0.406 e. The first kappa shape index (κ1) is 15.9. The second-order valence-corrected chi connectivity index (χ2v) is 5.63. The minimum absolute atomic E-state index is 0.0766. The molecule has 1 aliphatic rings. The number of anilines is 1. The molecule has 0 unspecified atom stereocenters. The molecule has 2 aromatic rings. The van der Waals surface area contributed by atoms with Crippen molar-refractivity contribution >= 4 is 23.7 Å². The van der Waals surface area contributed by atoms with Gasteiger partial charge in [0.05, 0.1) is 0 Å². The van der Waals surface area contributed by atoms with E-state index in [1.54, 1.807) is 12.1 Å². The Morgan fingerprint density at radius 1 is 1.17 bits per heavy atom. The number of carbonyl (C=O) groups is 3. The highest BCUT2D eigenvalue weighted by Gasteiger charge is 2.30. The summed E-state index contributed by atoms with van der Waals surface area (Å²) in [5.74, 6) is -0.812. The molecular formula is C16H16N4O4. The third-order valence-corrected chi connectivity index (χ3v) is 3.90. The van der Waals surface area contributed by atoms with Crippen LogP contribution in [-0.4, -0.2) is 32.8 Å². The highest BCUT2D eigenvalue weighted by Crippen LogP contribution is 2.17. The molecule has 3 rings (SSSR count). The Morgan fingerprint density at radius 3 is 2.54 bits per heavy atom. The number of aromatic nitrogens is 2. The van der Waals surface area contributed by atoms with E-state index in [1.165, 1.54) is 0 Å². The molecule has 0 aliphatic carbocycles. The van der Waals surface area contributed by atoms with Crippen molar-refractivity contribution < 1.29 is 18.8 Å². The zero-order valence-electron chi connectivity index (χ0n) is 13.3. The fourth-order valence-electron chi connectivity index (χ4n) is 2.35. The van der Waals surface area contributed by atoms with Crippen molar-refractivity contribution in [3.8, 4) is 0 Å². The summed E-state index contributed by atoms with van der Waals surface area (Å²) in [5, 5.41) is 9.97. The zero-order valence-corrected chi connectivity index (χ0v) is 13.3.